The number of nitrogens with zero attached hydrogens (tertiary/aromatic N) is 2. The predicted octanol–water partition coefficient (Wildman–Crippen LogP) is 0.378. The number of aliphatic hydroxyl groups excluding tert-OH is 1. The van der Waals surface area contributed by atoms with Gasteiger partial charge < -0.3 is 16.2 Å². The van der Waals surface area contributed by atoms with Crippen LogP contribution in [0.1, 0.15) is 36.7 Å². The maximum absolute atomic E-state index is 11.9. The summed E-state index contributed by atoms with van der Waals surface area (Å²) in [6, 6.07) is 0. The molecule has 0 spiro atoms. The van der Waals surface area contributed by atoms with Crippen LogP contribution in [0.5, 0.6) is 0 Å². The van der Waals surface area contributed by atoms with Crippen molar-refractivity contribution < 1.29 is 9.90 Å². The average Bonchev–Trinajstić information content (AvgIpc) is 3.01. The van der Waals surface area contributed by atoms with Gasteiger partial charge in [-0.05, 0) is 31.6 Å². The van der Waals surface area contributed by atoms with Gasteiger partial charge in [-0.15, -0.1) is 0 Å². The van der Waals surface area contributed by atoms with Gasteiger partial charge in [0.1, 0.15) is 0 Å². The van der Waals surface area contributed by atoms with E-state index in [1.54, 1.807) is 10.9 Å². The number of aliphatic hydroxyl groups is 1. The molecule has 0 radical (unpaired) electrons. The van der Waals surface area contributed by atoms with Crippen LogP contribution in [0.3, 0.4) is 0 Å². The van der Waals surface area contributed by atoms with Crippen LogP contribution in [0, 0.1) is 5.41 Å². The summed E-state index contributed by atoms with van der Waals surface area (Å²) in [5, 5.41) is 15.9. The van der Waals surface area contributed by atoms with Gasteiger partial charge in [0.15, 0.2) is 5.69 Å². The number of nitrogen functional groups attached to an aromatic ring is 1. The summed E-state index contributed by atoms with van der Waals surface area (Å²) in [6.45, 7) is 3.38. The van der Waals surface area contributed by atoms with E-state index in [1.807, 2.05) is 6.92 Å². The van der Waals surface area contributed by atoms with E-state index in [2.05, 4.69) is 10.4 Å². The number of hydrogen-bond donors (Lipinski definition) is 3. The fourth-order valence-electron chi connectivity index (χ4n) is 2.06. The molecular weight excluding hydrogens is 232 g/mol. The minimum atomic E-state index is -0.232. The summed E-state index contributed by atoms with van der Waals surface area (Å²) in [5.41, 5.74) is 6.54. The standard InChI is InChI=1S/C12H20N4O2/c1-2-16-7-9(13)10(15-16)11(18)14-8-12(3-4-12)5-6-17/h7,17H,2-6,8,13H2,1H3,(H,14,18). The highest BCUT2D eigenvalue weighted by molar-refractivity contribution is 5.97. The van der Waals surface area contributed by atoms with Crippen LogP contribution < -0.4 is 11.1 Å². The highest BCUT2D eigenvalue weighted by atomic mass is 16.3. The number of nitrogens with two attached hydrogens (primary N) is 1. The number of rotatable bonds is 6. The summed E-state index contributed by atoms with van der Waals surface area (Å²) in [7, 11) is 0. The van der Waals surface area contributed by atoms with E-state index in [-0.39, 0.29) is 23.6 Å². The molecule has 100 valence electrons. The van der Waals surface area contributed by atoms with Crippen molar-refractivity contribution in [2.24, 2.45) is 5.41 Å². The first-order valence-electron chi connectivity index (χ1n) is 6.32. The second-order valence-corrected chi connectivity index (χ2v) is 4.95. The largest absolute Gasteiger partial charge is 0.396 e. The summed E-state index contributed by atoms with van der Waals surface area (Å²) in [4.78, 5) is 11.9. The average molecular weight is 252 g/mol. The molecule has 0 unspecified atom stereocenters. The summed E-state index contributed by atoms with van der Waals surface area (Å²) < 4.78 is 1.64. The lowest BCUT2D eigenvalue weighted by Crippen LogP contribution is -2.31. The van der Waals surface area contributed by atoms with Gasteiger partial charge in [0.25, 0.3) is 5.91 Å². The topological polar surface area (TPSA) is 93.2 Å². The first kappa shape index (κ1) is 12.9. The normalized spacial score (nSPS) is 16.6. The minimum absolute atomic E-state index is 0.104. The third kappa shape index (κ3) is 2.64. The van der Waals surface area contributed by atoms with Gasteiger partial charge in [0.2, 0.25) is 0 Å². The van der Waals surface area contributed by atoms with Gasteiger partial charge in [0, 0.05) is 25.9 Å². The molecule has 0 bridgehead atoms. The Labute approximate surface area is 106 Å². The number of carbonyl (C=O) groups excluding carboxylic acids is 1. The molecule has 0 saturated heterocycles. The van der Waals surface area contributed by atoms with Gasteiger partial charge in [0.05, 0.1) is 5.69 Å². The highest BCUT2D eigenvalue weighted by Gasteiger charge is 2.42. The SMILES string of the molecule is CCn1cc(N)c(C(=O)NCC2(CCO)CC2)n1. The van der Waals surface area contributed by atoms with Crippen molar-refractivity contribution in [3.8, 4) is 0 Å². The van der Waals surface area contributed by atoms with E-state index in [4.69, 9.17) is 10.8 Å². The Balaban J connectivity index is 1.93. The maximum atomic E-state index is 11.9. The Kier molecular flexibility index (Phi) is 3.56. The third-order valence-electron chi connectivity index (χ3n) is 3.55. The number of amides is 1. The van der Waals surface area contributed by atoms with Gasteiger partial charge in [-0.2, -0.15) is 5.10 Å². The number of aryl methyl sites for hydroxylation is 1. The zero-order valence-electron chi connectivity index (χ0n) is 10.6. The van der Waals surface area contributed by atoms with Gasteiger partial charge in [-0.1, -0.05) is 0 Å². The van der Waals surface area contributed by atoms with Gasteiger partial charge in [-0.25, -0.2) is 0 Å². The van der Waals surface area contributed by atoms with Crippen molar-refractivity contribution in [3.63, 3.8) is 0 Å². The van der Waals surface area contributed by atoms with E-state index in [1.165, 1.54) is 0 Å². The molecule has 4 N–H and O–H groups in total. The van der Waals surface area contributed by atoms with Crippen molar-refractivity contribution in [3.05, 3.63) is 11.9 Å². The zero-order chi connectivity index (χ0) is 13.2. The van der Waals surface area contributed by atoms with Crippen LogP contribution in [0.2, 0.25) is 0 Å². The fourth-order valence-corrected chi connectivity index (χ4v) is 2.06. The van der Waals surface area contributed by atoms with Gasteiger partial charge in [-0.3, -0.25) is 9.48 Å². The van der Waals surface area contributed by atoms with Crippen molar-refractivity contribution in [1.82, 2.24) is 15.1 Å². The lowest BCUT2D eigenvalue weighted by molar-refractivity contribution is 0.0936. The predicted molar refractivity (Wildman–Crippen MR) is 68.0 cm³/mol. The maximum Gasteiger partial charge on any atom is 0.273 e. The number of aromatic nitrogens is 2. The Morgan fingerprint density at radius 1 is 1.67 bits per heavy atom. The van der Waals surface area contributed by atoms with Crippen molar-refractivity contribution in [1.29, 1.82) is 0 Å². The molecule has 1 saturated carbocycles. The summed E-state index contributed by atoms with van der Waals surface area (Å²) >= 11 is 0. The zero-order valence-corrected chi connectivity index (χ0v) is 10.6. The monoisotopic (exact) mass is 252 g/mol. The quantitative estimate of drug-likeness (QED) is 0.682. The van der Waals surface area contributed by atoms with Crippen LogP contribution in [0.4, 0.5) is 5.69 Å². The van der Waals surface area contributed by atoms with Crippen LogP contribution in [0.15, 0.2) is 6.20 Å². The van der Waals surface area contributed by atoms with Crippen molar-refractivity contribution in [2.45, 2.75) is 32.7 Å². The van der Waals surface area contributed by atoms with E-state index >= 15 is 0 Å². The first-order chi connectivity index (χ1) is 8.60. The third-order valence-corrected chi connectivity index (χ3v) is 3.55. The molecule has 1 aromatic heterocycles. The lowest BCUT2D eigenvalue weighted by Gasteiger charge is -2.13. The summed E-state index contributed by atoms with van der Waals surface area (Å²) in [5.74, 6) is -0.232. The Bertz CT molecular complexity index is 437. The molecule has 0 aliphatic heterocycles. The smallest absolute Gasteiger partial charge is 0.273 e. The first-order valence-corrected chi connectivity index (χ1v) is 6.32. The lowest BCUT2D eigenvalue weighted by atomic mass is 10.0. The number of nitrogens with one attached hydrogen (secondary N) is 1. The molecule has 0 aromatic carbocycles. The molecule has 6 heteroatoms. The Morgan fingerprint density at radius 2 is 2.39 bits per heavy atom. The van der Waals surface area contributed by atoms with Crippen LogP contribution in [-0.4, -0.2) is 33.9 Å². The number of carbonyl (C=O) groups is 1. The summed E-state index contributed by atoms with van der Waals surface area (Å²) in [6.07, 6.45) is 4.53. The molecule has 1 fully saturated rings. The second kappa shape index (κ2) is 4.97. The van der Waals surface area contributed by atoms with Crippen LogP contribution in [-0.2, 0) is 6.54 Å². The van der Waals surface area contributed by atoms with E-state index in [9.17, 15) is 4.79 Å². The van der Waals surface area contributed by atoms with Gasteiger partial charge >= 0.3 is 0 Å². The van der Waals surface area contributed by atoms with E-state index in [0.717, 1.165) is 19.3 Å². The van der Waals surface area contributed by atoms with E-state index in [0.29, 0.717) is 18.8 Å². The van der Waals surface area contributed by atoms with E-state index < -0.39 is 0 Å². The van der Waals surface area contributed by atoms with Crippen molar-refractivity contribution >= 4 is 11.6 Å². The number of hydrogen-bond acceptors (Lipinski definition) is 4. The van der Waals surface area contributed by atoms with Crippen LogP contribution in [0.25, 0.3) is 0 Å². The molecule has 1 aliphatic rings. The second-order valence-electron chi connectivity index (χ2n) is 4.95. The molecule has 1 amide bonds. The molecule has 2 rings (SSSR count). The molecule has 0 atom stereocenters. The molecular formula is C12H20N4O2. The fraction of sp³-hybridized carbons (Fsp3) is 0.667. The minimum Gasteiger partial charge on any atom is -0.396 e. The number of anilines is 1. The molecule has 1 aromatic rings. The molecule has 1 aliphatic carbocycles. The molecule has 6 nitrogen and oxygen atoms in total. The Morgan fingerprint density at radius 3 is 2.89 bits per heavy atom. The Hall–Kier alpha value is -1.56. The molecule has 1 heterocycles. The van der Waals surface area contributed by atoms with Crippen molar-refractivity contribution in [2.75, 3.05) is 18.9 Å². The molecule has 18 heavy (non-hydrogen) atoms. The highest BCUT2D eigenvalue weighted by Crippen LogP contribution is 2.47. The van der Waals surface area contributed by atoms with Crippen LogP contribution >= 0.6 is 0 Å².